The number of carbonyl (C=O) groups is 1. The lowest BCUT2D eigenvalue weighted by molar-refractivity contribution is -0.116. The third-order valence-corrected chi connectivity index (χ3v) is 2.51. The van der Waals surface area contributed by atoms with E-state index in [9.17, 15) is 4.79 Å². The summed E-state index contributed by atoms with van der Waals surface area (Å²) in [4.78, 5) is 11.5. The molecule has 1 rings (SSSR count). The number of hydrogen-bond donors (Lipinski definition) is 1. The van der Waals surface area contributed by atoms with Crippen LogP contribution in [0.1, 0.15) is 40.0 Å². The molecule has 1 N–H and O–H groups in total. The van der Waals surface area contributed by atoms with Gasteiger partial charge in [-0.15, -0.1) is 0 Å². The van der Waals surface area contributed by atoms with Crippen LogP contribution < -0.4 is 10.1 Å². The van der Waals surface area contributed by atoms with Gasteiger partial charge in [0, 0.05) is 18.2 Å². The number of rotatable bonds is 6. The molecule has 17 heavy (non-hydrogen) atoms. The minimum absolute atomic E-state index is 0.0492. The van der Waals surface area contributed by atoms with Crippen LogP contribution in [0.25, 0.3) is 0 Å². The van der Waals surface area contributed by atoms with Gasteiger partial charge in [-0.1, -0.05) is 19.9 Å². The molecular weight excluding hydrogens is 214 g/mol. The molecule has 0 saturated heterocycles. The molecule has 3 heteroatoms. The highest BCUT2D eigenvalue weighted by atomic mass is 16.5. The van der Waals surface area contributed by atoms with E-state index in [0.29, 0.717) is 6.42 Å². The minimum Gasteiger partial charge on any atom is -0.491 e. The molecule has 1 aromatic carbocycles. The minimum atomic E-state index is 0.0492. The van der Waals surface area contributed by atoms with Crippen LogP contribution >= 0.6 is 0 Å². The Bertz CT molecular complexity index is 363. The van der Waals surface area contributed by atoms with E-state index < -0.39 is 0 Å². The third kappa shape index (κ3) is 4.89. The van der Waals surface area contributed by atoms with Gasteiger partial charge in [0.05, 0.1) is 6.10 Å². The van der Waals surface area contributed by atoms with Crippen molar-refractivity contribution in [2.45, 2.75) is 46.1 Å². The molecule has 0 heterocycles. The second-order valence-corrected chi connectivity index (χ2v) is 4.16. The van der Waals surface area contributed by atoms with Gasteiger partial charge in [0.1, 0.15) is 5.75 Å². The first kappa shape index (κ1) is 13.6. The molecule has 1 amide bonds. The number of carbonyl (C=O) groups excluding carboxylic acids is 1. The van der Waals surface area contributed by atoms with Crippen molar-refractivity contribution in [3.8, 4) is 5.75 Å². The summed E-state index contributed by atoms with van der Waals surface area (Å²) < 4.78 is 5.69. The zero-order valence-electron chi connectivity index (χ0n) is 10.8. The molecule has 1 aromatic rings. The van der Waals surface area contributed by atoms with Gasteiger partial charge in [-0.3, -0.25) is 4.79 Å². The molecule has 0 radical (unpaired) electrons. The summed E-state index contributed by atoms with van der Waals surface area (Å²) >= 11 is 0. The van der Waals surface area contributed by atoms with Crippen molar-refractivity contribution in [1.82, 2.24) is 0 Å². The van der Waals surface area contributed by atoms with E-state index in [1.165, 1.54) is 0 Å². The quantitative estimate of drug-likeness (QED) is 0.818. The Balaban J connectivity index is 2.62. The SMILES string of the molecule is CCCC(=O)Nc1cccc(OC(C)CC)c1. The first-order chi connectivity index (χ1) is 8.15. The first-order valence-corrected chi connectivity index (χ1v) is 6.22. The van der Waals surface area contributed by atoms with Crippen molar-refractivity contribution >= 4 is 11.6 Å². The van der Waals surface area contributed by atoms with Crippen LogP contribution in [0, 0.1) is 0 Å². The Morgan fingerprint density at radius 3 is 2.82 bits per heavy atom. The summed E-state index contributed by atoms with van der Waals surface area (Å²) in [7, 11) is 0. The van der Waals surface area contributed by atoms with Gasteiger partial charge in [-0.25, -0.2) is 0 Å². The monoisotopic (exact) mass is 235 g/mol. The number of nitrogens with one attached hydrogen (secondary N) is 1. The fourth-order valence-electron chi connectivity index (χ4n) is 1.41. The molecule has 1 unspecified atom stereocenters. The zero-order chi connectivity index (χ0) is 12.7. The number of hydrogen-bond acceptors (Lipinski definition) is 2. The van der Waals surface area contributed by atoms with Crippen molar-refractivity contribution in [3.05, 3.63) is 24.3 Å². The molecule has 0 aliphatic rings. The second-order valence-electron chi connectivity index (χ2n) is 4.16. The fourth-order valence-corrected chi connectivity index (χ4v) is 1.41. The van der Waals surface area contributed by atoms with Gasteiger partial charge < -0.3 is 10.1 Å². The zero-order valence-corrected chi connectivity index (χ0v) is 10.8. The predicted octanol–water partition coefficient (Wildman–Crippen LogP) is 3.60. The van der Waals surface area contributed by atoms with E-state index in [4.69, 9.17) is 4.74 Å². The molecule has 0 aliphatic carbocycles. The van der Waals surface area contributed by atoms with Crippen molar-refractivity contribution < 1.29 is 9.53 Å². The van der Waals surface area contributed by atoms with Crippen LogP contribution in [-0.2, 0) is 4.79 Å². The standard InChI is InChI=1S/C14H21NO2/c1-4-7-14(16)15-12-8-6-9-13(10-12)17-11(3)5-2/h6,8-11H,4-5,7H2,1-3H3,(H,15,16). The average Bonchev–Trinajstić information content (AvgIpc) is 2.29. The third-order valence-electron chi connectivity index (χ3n) is 2.51. The van der Waals surface area contributed by atoms with E-state index in [0.717, 1.165) is 24.3 Å². The summed E-state index contributed by atoms with van der Waals surface area (Å²) in [6, 6.07) is 7.53. The van der Waals surface area contributed by atoms with Gasteiger partial charge in [-0.2, -0.15) is 0 Å². The summed E-state index contributed by atoms with van der Waals surface area (Å²) in [5.41, 5.74) is 0.796. The Kier molecular flexibility index (Phi) is 5.53. The fraction of sp³-hybridized carbons (Fsp3) is 0.500. The van der Waals surface area contributed by atoms with Crippen molar-refractivity contribution in [2.75, 3.05) is 5.32 Å². The Morgan fingerprint density at radius 2 is 2.18 bits per heavy atom. The summed E-state index contributed by atoms with van der Waals surface area (Å²) in [6.45, 7) is 6.10. The van der Waals surface area contributed by atoms with Crippen molar-refractivity contribution in [1.29, 1.82) is 0 Å². The van der Waals surface area contributed by atoms with E-state index >= 15 is 0 Å². The molecular formula is C14H21NO2. The lowest BCUT2D eigenvalue weighted by Gasteiger charge is -2.13. The highest BCUT2D eigenvalue weighted by Gasteiger charge is 2.04. The summed E-state index contributed by atoms with van der Waals surface area (Å²) in [5, 5.41) is 2.86. The normalized spacial score (nSPS) is 11.9. The van der Waals surface area contributed by atoms with Crippen LogP contribution in [0.15, 0.2) is 24.3 Å². The lowest BCUT2D eigenvalue weighted by Crippen LogP contribution is -2.12. The molecule has 1 atom stereocenters. The van der Waals surface area contributed by atoms with E-state index in [2.05, 4.69) is 12.2 Å². The maximum absolute atomic E-state index is 11.5. The van der Waals surface area contributed by atoms with Crippen LogP contribution in [0.3, 0.4) is 0 Å². The van der Waals surface area contributed by atoms with Crippen LogP contribution in [0.5, 0.6) is 5.75 Å². The molecule has 0 saturated carbocycles. The first-order valence-electron chi connectivity index (χ1n) is 6.22. The topological polar surface area (TPSA) is 38.3 Å². The van der Waals surface area contributed by atoms with Crippen LogP contribution in [0.4, 0.5) is 5.69 Å². The molecule has 0 spiro atoms. The molecule has 94 valence electrons. The maximum atomic E-state index is 11.5. The smallest absolute Gasteiger partial charge is 0.224 e. The van der Waals surface area contributed by atoms with E-state index in [1.54, 1.807) is 0 Å². The molecule has 0 aromatic heterocycles. The molecule has 0 aliphatic heterocycles. The van der Waals surface area contributed by atoms with Crippen molar-refractivity contribution in [2.24, 2.45) is 0 Å². The van der Waals surface area contributed by atoms with Gasteiger partial charge in [0.2, 0.25) is 5.91 Å². The summed E-state index contributed by atoms with van der Waals surface area (Å²) in [6.07, 6.45) is 2.56. The lowest BCUT2D eigenvalue weighted by atomic mass is 10.2. The average molecular weight is 235 g/mol. The van der Waals surface area contributed by atoms with Gasteiger partial charge in [0.15, 0.2) is 0 Å². The van der Waals surface area contributed by atoms with E-state index in [-0.39, 0.29) is 12.0 Å². The second kappa shape index (κ2) is 6.94. The molecule has 0 bridgehead atoms. The molecule has 3 nitrogen and oxygen atoms in total. The van der Waals surface area contributed by atoms with Crippen LogP contribution in [-0.4, -0.2) is 12.0 Å². The highest BCUT2D eigenvalue weighted by Crippen LogP contribution is 2.19. The van der Waals surface area contributed by atoms with Crippen molar-refractivity contribution in [3.63, 3.8) is 0 Å². The Hall–Kier alpha value is -1.51. The number of anilines is 1. The highest BCUT2D eigenvalue weighted by molar-refractivity contribution is 5.90. The molecule has 0 fully saturated rings. The number of ether oxygens (including phenoxy) is 1. The van der Waals surface area contributed by atoms with Crippen LogP contribution in [0.2, 0.25) is 0 Å². The van der Waals surface area contributed by atoms with E-state index in [1.807, 2.05) is 38.1 Å². The summed E-state index contributed by atoms with van der Waals surface area (Å²) in [5.74, 6) is 0.849. The van der Waals surface area contributed by atoms with Gasteiger partial charge >= 0.3 is 0 Å². The predicted molar refractivity (Wildman–Crippen MR) is 70.4 cm³/mol. The largest absolute Gasteiger partial charge is 0.491 e. The maximum Gasteiger partial charge on any atom is 0.224 e. The Morgan fingerprint density at radius 1 is 1.41 bits per heavy atom. The van der Waals surface area contributed by atoms with Gasteiger partial charge in [-0.05, 0) is 31.9 Å². The Labute approximate surface area is 103 Å². The number of benzene rings is 1. The number of amides is 1. The van der Waals surface area contributed by atoms with Gasteiger partial charge in [0.25, 0.3) is 0 Å².